The van der Waals surface area contributed by atoms with E-state index in [9.17, 15) is 30.6 Å². The number of benzene rings is 3. The van der Waals surface area contributed by atoms with E-state index in [4.69, 9.17) is 4.74 Å². The van der Waals surface area contributed by atoms with E-state index < -0.39 is 28.4 Å². The Hall–Kier alpha value is -4.33. The number of carbonyl (C=O) groups excluding carboxylic acids is 1. The number of hydrogen-bond donors (Lipinski definition) is 7. The Morgan fingerprint density at radius 1 is 0.919 bits per heavy atom. The number of piperidine rings is 1. The molecule has 12 unspecified atom stereocenters. The van der Waals surface area contributed by atoms with Crippen LogP contribution in [0.5, 0.6) is 23.0 Å². The minimum absolute atomic E-state index is 0.0387. The zero-order valence-corrected chi connectivity index (χ0v) is 35.8. The largest absolute Gasteiger partial charge is 0.504 e. The summed E-state index contributed by atoms with van der Waals surface area (Å²) in [5, 5.41) is 72.7. The van der Waals surface area contributed by atoms with Crippen LogP contribution >= 0.6 is 0 Å². The number of allylic oxidation sites excluding steroid dienone is 2. The van der Waals surface area contributed by atoms with Crippen LogP contribution < -0.4 is 10.1 Å². The van der Waals surface area contributed by atoms with Crippen molar-refractivity contribution in [2.45, 2.75) is 125 Å². The number of phenols is 3. The molecule has 3 aromatic carbocycles. The van der Waals surface area contributed by atoms with Gasteiger partial charge in [0.1, 0.15) is 5.78 Å². The molecule has 0 radical (unpaired) electrons. The lowest BCUT2D eigenvalue weighted by Gasteiger charge is -2.79. The van der Waals surface area contributed by atoms with Gasteiger partial charge in [0.15, 0.2) is 23.0 Å². The number of ketones is 1. The third-order valence-corrected chi connectivity index (χ3v) is 18.6. The van der Waals surface area contributed by atoms with Gasteiger partial charge in [-0.3, -0.25) is 4.79 Å². The van der Waals surface area contributed by atoms with Crippen molar-refractivity contribution in [3.63, 3.8) is 0 Å². The van der Waals surface area contributed by atoms with Crippen LogP contribution in [-0.4, -0.2) is 67.8 Å². The number of rotatable bonds is 8. The van der Waals surface area contributed by atoms with Crippen molar-refractivity contribution in [2.75, 3.05) is 20.3 Å². The summed E-state index contributed by atoms with van der Waals surface area (Å²) in [6.07, 6.45) is 13.2. The summed E-state index contributed by atoms with van der Waals surface area (Å²) in [4.78, 5) is 15.2. The normalized spacial score (nSPS) is 39.6. The highest BCUT2D eigenvalue weighted by molar-refractivity contribution is 5.81. The van der Waals surface area contributed by atoms with Gasteiger partial charge in [0.25, 0.3) is 0 Å². The van der Waals surface area contributed by atoms with Gasteiger partial charge in [-0.15, -0.1) is 0 Å². The van der Waals surface area contributed by atoms with E-state index in [-0.39, 0.29) is 89.3 Å². The third-order valence-electron chi connectivity index (χ3n) is 18.6. The summed E-state index contributed by atoms with van der Waals surface area (Å²) in [6.45, 7) is 0.345. The summed E-state index contributed by atoms with van der Waals surface area (Å²) >= 11 is 0. The molecule has 4 saturated carbocycles. The Labute approximate surface area is 364 Å². The van der Waals surface area contributed by atoms with Gasteiger partial charge in [-0.25, -0.2) is 0 Å². The van der Waals surface area contributed by atoms with E-state index >= 15 is 4.79 Å². The molecule has 326 valence electrons. The predicted molar refractivity (Wildman–Crippen MR) is 234 cm³/mol. The fraction of sp³-hybridized carbons (Fsp3) is 0.566. The standard InChI is InChI=1S/C53H61NO8/c1-62-46-24-39(34(29-56)20-45(46)60)38-22-37(57)27-51(61)15-17-52-16-14-50-30-49(13-5-9-35(49)21-36(50)10-6-18-55)41-26-47(50)53(52,42-25-44(59)43(58)23-40(41)42)48(51)33(28-54-52)12-11-32(38)19-31-7-3-2-4-8-31/h2-4,7-8,20-21,23-25,32-33,35,38,41,47-48,54-56,58-61H,5-6,9-10,13-19,22,26-30H2,1H3. The minimum atomic E-state index is -1.42. The first-order chi connectivity index (χ1) is 30.0. The SMILES string of the molecule is COc1cc(C2CC(=O)CC3(O)CCC45CCC67CC8(CCCC8C=C6CCCO)C6CC7C4(c4cc(O)c(O)cc46)C3C(C#CC2Cc2ccccc2)CN5)c(CO)cc1O. The van der Waals surface area contributed by atoms with Crippen LogP contribution in [0.4, 0.5) is 0 Å². The number of ether oxygens (including phenoxy) is 1. The van der Waals surface area contributed by atoms with Gasteiger partial charge < -0.3 is 40.7 Å². The average Bonchev–Trinajstić information content (AvgIpc) is 3.67. The second-order valence-electron chi connectivity index (χ2n) is 20.9. The van der Waals surface area contributed by atoms with Crippen LogP contribution in [-0.2, 0) is 23.2 Å². The first kappa shape index (κ1) is 40.4. The first-order valence-corrected chi connectivity index (χ1v) is 23.4. The molecular formula is C53H61NO8. The Morgan fingerprint density at radius 3 is 2.52 bits per heavy atom. The van der Waals surface area contributed by atoms with Crippen molar-refractivity contribution < 1.29 is 40.2 Å². The number of nitrogens with one attached hydrogen (secondary N) is 1. The zero-order chi connectivity index (χ0) is 42.8. The first-order valence-electron chi connectivity index (χ1n) is 23.4. The van der Waals surface area contributed by atoms with E-state index in [2.05, 4.69) is 35.4 Å². The molecular weight excluding hydrogens is 779 g/mol. The van der Waals surface area contributed by atoms with Gasteiger partial charge in [-0.1, -0.05) is 60.2 Å². The van der Waals surface area contributed by atoms with Crippen molar-refractivity contribution in [1.82, 2.24) is 5.32 Å². The van der Waals surface area contributed by atoms with E-state index in [1.807, 2.05) is 30.3 Å². The van der Waals surface area contributed by atoms with Gasteiger partial charge >= 0.3 is 0 Å². The second-order valence-corrected chi connectivity index (χ2v) is 20.9. The van der Waals surface area contributed by atoms with Crippen LogP contribution in [0, 0.1) is 52.3 Å². The van der Waals surface area contributed by atoms with Gasteiger partial charge in [-0.2, -0.15) is 0 Å². The third kappa shape index (κ3) is 5.39. The van der Waals surface area contributed by atoms with Crippen LogP contribution in [0.2, 0.25) is 0 Å². The maximum Gasteiger partial charge on any atom is 0.160 e. The highest BCUT2D eigenvalue weighted by Crippen LogP contribution is 2.82. The number of aromatic hydroxyl groups is 3. The lowest BCUT2D eigenvalue weighted by molar-refractivity contribution is -0.234. The molecule has 3 aromatic rings. The molecule has 1 aliphatic heterocycles. The van der Waals surface area contributed by atoms with E-state index in [1.54, 1.807) is 6.07 Å². The number of carbonyl (C=O) groups is 1. The highest BCUT2D eigenvalue weighted by atomic mass is 16.5. The van der Waals surface area contributed by atoms with E-state index in [0.29, 0.717) is 49.3 Å². The van der Waals surface area contributed by atoms with Crippen LogP contribution in [0.3, 0.4) is 0 Å². The fourth-order valence-corrected chi connectivity index (χ4v) is 16.6. The van der Waals surface area contributed by atoms with Crippen molar-refractivity contribution >= 4 is 5.78 Å². The van der Waals surface area contributed by atoms with Gasteiger partial charge in [0.2, 0.25) is 0 Å². The Balaban J connectivity index is 1.15. The highest BCUT2D eigenvalue weighted by Gasteiger charge is 2.80. The summed E-state index contributed by atoms with van der Waals surface area (Å²) in [6, 6.07) is 17.2. The molecule has 5 fully saturated rings. The van der Waals surface area contributed by atoms with E-state index in [1.165, 1.54) is 18.7 Å². The molecule has 0 aromatic heterocycles. The zero-order valence-electron chi connectivity index (χ0n) is 35.8. The molecule has 0 amide bonds. The smallest absolute Gasteiger partial charge is 0.160 e. The molecule has 1 heterocycles. The molecule has 7 aliphatic carbocycles. The molecule has 6 bridgehead atoms. The van der Waals surface area contributed by atoms with Crippen molar-refractivity contribution in [1.29, 1.82) is 0 Å². The quantitative estimate of drug-likeness (QED) is 0.0696. The number of Topliss-reactive ketones (excluding diaryl/α,β-unsaturated/α-hetero) is 1. The number of methoxy groups -OCH3 is 1. The maximum atomic E-state index is 15.2. The topological polar surface area (TPSA) is 160 Å². The molecule has 12 atom stereocenters. The molecule has 11 rings (SSSR count). The van der Waals surface area contributed by atoms with Crippen molar-refractivity contribution in [3.8, 4) is 34.8 Å². The fourth-order valence-electron chi connectivity index (χ4n) is 16.6. The van der Waals surface area contributed by atoms with Crippen molar-refractivity contribution in [2.24, 2.45) is 40.4 Å². The van der Waals surface area contributed by atoms with Crippen LogP contribution in [0.15, 0.2) is 66.2 Å². The molecule has 1 saturated heterocycles. The molecule has 9 nitrogen and oxygen atoms in total. The maximum absolute atomic E-state index is 15.2. The summed E-state index contributed by atoms with van der Waals surface area (Å²) < 4.78 is 5.58. The summed E-state index contributed by atoms with van der Waals surface area (Å²) in [5.74, 6) is 6.58. The molecule has 9 heteroatoms. The summed E-state index contributed by atoms with van der Waals surface area (Å²) in [7, 11) is 1.49. The molecule has 3 spiro atoms. The van der Waals surface area contributed by atoms with Gasteiger partial charge in [-0.05, 0) is 151 Å². The van der Waals surface area contributed by atoms with Gasteiger partial charge in [0.05, 0.1) is 19.3 Å². The molecule has 7 N–H and O–H groups in total. The number of aliphatic hydroxyl groups is 3. The summed E-state index contributed by atoms with van der Waals surface area (Å²) in [5.41, 5.74) is 3.20. The second kappa shape index (κ2) is 14.3. The number of phenolic OH excluding ortho intramolecular Hbond substituents is 3. The van der Waals surface area contributed by atoms with Crippen LogP contribution in [0.25, 0.3) is 0 Å². The average molecular weight is 840 g/mol. The molecule has 62 heavy (non-hydrogen) atoms. The number of fused-ring (bicyclic) bond motifs is 3. The van der Waals surface area contributed by atoms with Gasteiger partial charge in [0, 0.05) is 60.6 Å². The Morgan fingerprint density at radius 2 is 1.73 bits per heavy atom. The Kier molecular flexibility index (Phi) is 9.35. The van der Waals surface area contributed by atoms with E-state index in [0.717, 1.165) is 68.1 Å². The predicted octanol–water partition coefficient (Wildman–Crippen LogP) is 7.44. The lowest BCUT2D eigenvalue weighted by atomic mass is 9.26. The minimum Gasteiger partial charge on any atom is -0.504 e. The van der Waals surface area contributed by atoms with Crippen LogP contribution in [0.1, 0.15) is 123 Å². The van der Waals surface area contributed by atoms with Crippen molar-refractivity contribution in [3.05, 3.63) is 94.1 Å². The monoisotopic (exact) mass is 839 g/mol. The lowest BCUT2D eigenvalue weighted by Crippen LogP contribution is -2.84. The number of hydrogen-bond acceptors (Lipinski definition) is 9. The number of aliphatic hydroxyl groups excluding tert-OH is 2. The molecule has 8 aliphatic rings. The Bertz CT molecular complexity index is 2420.